The van der Waals surface area contributed by atoms with Gasteiger partial charge in [0.25, 0.3) is 0 Å². The molecule has 2 rings (SSSR count). The molecular formula is C13H16N2O3S2. The predicted molar refractivity (Wildman–Crippen MR) is 78.1 cm³/mol. The number of aryl methyl sites for hydroxylation is 1. The molecule has 2 aromatic rings. The summed E-state index contributed by atoms with van der Waals surface area (Å²) in [5.74, 6) is 0. The van der Waals surface area contributed by atoms with Gasteiger partial charge in [0.15, 0.2) is 0 Å². The molecule has 108 valence electrons. The third-order valence-corrected chi connectivity index (χ3v) is 5.22. The molecule has 1 aromatic heterocycles. The van der Waals surface area contributed by atoms with Crippen LogP contribution in [0.25, 0.3) is 0 Å². The van der Waals surface area contributed by atoms with Crippen molar-refractivity contribution in [2.45, 2.75) is 24.8 Å². The molecule has 0 atom stereocenters. The summed E-state index contributed by atoms with van der Waals surface area (Å²) in [4.78, 5) is 4.48. The maximum absolute atomic E-state index is 12.0. The maximum Gasteiger partial charge on any atom is 0.240 e. The largest absolute Gasteiger partial charge is 0.392 e. The number of nitrogens with one attached hydrogen (secondary N) is 1. The Morgan fingerprint density at radius 1 is 1.30 bits per heavy atom. The summed E-state index contributed by atoms with van der Waals surface area (Å²) < 4.78 is 26.6. The van der Waals surface area contributed by atoms with Gasteiger partial charge in [-0.1, -0.05) is 12.1 Å². The van der Waals surface area contributed by atoms with Crippen molar-refractivity contribution in [1.29, 1.82) is 0 Å². The van der Waals surface area contributed by atoms with Crippen molar-refractivity contribution in [3.8, 4) is 0 Å². The van der Waals surface area contributed by atoms with Crippen molar-refractivity contribution in [1.82, 2.24) is 9.71 Å². The van der Waals surface area contributed by atoms with E-state index < -0.39 is 10.0 Å². The van der Waals surface area contributed by atoms with Gasteiger partial charge in [0.05, 0.1) is 16.5 Å². The fourth-order valence-corrected chi connectivity index (χ4v) is 3.47. The quantitative estimate of drug-likeness (QED) is 0.846. The van der Waals surface area contributed by atoms with Gasteiger partial charge in [-0.05, 0) is 24.6 Å². The number of thiazole rings is 1. The molecule has 0 amide bonds. The number of hydrogen-bond donors (Lipinski definition) is 2. The highest BCUT2D eigenvalue weighted by molar-refractivity contribution is 7.89. The van der Waals surface area contributed by atoms with Gasteiger partial charge in [0.1, 0.15) is 0 Å². The zero-order chi connectivity index (χ0) is 14.6. The zero-order valence-electron chi connectivity index (χ0n) is 11.0. The van der Waals surface area contributed by atoms with Crippen LogP contribution in [-0.2, 0) is 23.1 Å². The second kappa shape index (κ2) is 6.45. The molecule has 0 saturated carbocycles. The number of benzene rings is 1. The van der Waals surface area contributed by atoms with Crippen LogP contribution in [0.15, 0.2) is 34.5 Å². The summed E-state index contributed by atoms with van der Waals surface area (Å²) in [5.41, 5.74) is 1.63. The van der Waals surface area contributed by atoms with Crippen molar-refractivity contribution in [2.75, 3.05) is 6.54 Å². The van der Waals surface area contributed by atoms with E-state index in [0.29, 0.717) is 18.5 Å². The van der Waals surface area contributed by atoms with E-state index >= 15 is 0 Å². The van der Waals surface area contributed by atoms with E-state index in [1.165, 1.54) is 23.5 Å². The minimum absolute atomic E-state index is 0.100. The first kappa shape index (κ1) is 15.1. The standard InChI is InChI=1S/C13H16N2O3S2/c1-10-9-19-13(15-10)6-7-14-20(17,18)12-4-2-11(8-16)3-5-12/h2-5,9,14,16H,6-8H2,1H3. The third kappa shape index (κ3) is 3.86. The van der Waals surface area contributed by atoms with Gasteiger partial charge in [-0.3, -0.25) is 0 Å². The van der Waals surface area contributed by atoms with Gasteiger partial charge in [-0.25, -0.2) is 18.1 Å². The SMILES string of the molecule is Cc1csc(CCNS(=O)(=O)c2ccc(CO)cc2)n1. The molecule has 1 aromatic carbocycles. The first-order chi connectivity index (χ1) is 9.51. The Morgan fingerprint density at radius 3 is 2.55 bits per heavy atom. The number of rotatable bonds is 6. The van der Waals surface area contributed by atoms with Gasteiger partial charge in [-0.2, -0.15) is 0 Å². The van der Waals surface area contributed by atoms with E-state index in [1.54, 1.807) is 12.1 Å². The topological polar surface area (TPSA) is 79.3 Å². The number of hydrogen-bond acceptors (Lipinski definition) is 5. The van der Waals surface area contributed by atoms with E-state index in [0.717, 1.165) is 10.7 Å². The summed E-state index contributed by atoms with van der Waals surface area (Å²) in [5, 5.41) is 11.8. The lowest BCUT2D eigenvalue weighted by Crippen LogP contribution is -2.26. The number of aliphatic hydroxyl groups is 1. The molecule has 0 aliphatic rings. The summed E-state index contributed by atoms with van der Waals surface area (Å²) in [6, 6.07) is 6.17. The van der Waals surface area contributed by atoms with Crippen molar-refractivity contribution in [3.63, 3.8) is 0 Å². The van der Waals surface area contributed by atoms with Crippen LogP contribution in [-0.4, -0.2) is 25.1 Å². The molecule has 0 radical (unpaired) electrons. The Balaban J connectivity index is 1.96. The average molecular weight is 312 g/mol. The van der Waals surface area contributed by atoms with E-state index in [9.17, 15) is 8.42 Å². The molecule has 0 saturated heterocycles. The van der Waals surface area contributed by atoms with Crippen molar-refractivity contribution in [3.05, 3.63) is 45.9 Å². The highest BCUT2D eigenvalue weighted by Gasteiger charge is 2.13. The second-order valence-electron chi connectivity index (χ2n) is 4.33. The van der Waals surface area contributed by atoms with Gasteiger partial charge in [0.2, 0.25) is 10.0 Å². The Bertz CT molecular complexity index is 663. The van der Waals surface area contributed by atoms with Crippen LogP contribution in [0.5, 0.6) is 0 Å². The summed E-state index contributed by atoms with van der Waals surface area (Å²) in [7, 11) is -3.50. The van der Waals surface area contributed by atoms with Gasteiger partial charge >= 0.3 is 0 Å². The number of sulfonamides is 1. The molecule has 0 spiro atoms. The first-order valence-electron chi connectivity index (χ1n) is 6.12. The molecule has 20 heavy (non-hydrogen) atoms. The Kier molecular flexibility index (Phi) is 4.87. The Labute approximate surface area is 122 Å². The summed E-state index contributed by atoms with van der Waals surface area (Å²) in [6.45, 7) is 2.13. The lowest BCUT2D eigenvalue weighted by atomic mass is 10.2. The molecule has 0 aliphatic heterocycles. The Hall–Kier alpha value is -1.28. The molecule has 0 aliphatic carbocycles. The summed E-state index contributed by atoms with van der Waals surface area (Å²) in [6.07, 6.45) is 0.576. The normalized spacial score (nSPS) is 11.7. The molecule has 1 heterocycles. The first-order valence-corrected chi connectivity index (χ1v) is 8.48. The molecule has 0 bridgehead atoms. The molecule has 5 nitrogen and oxygen atoms in total. The summed E-state index contributed by atoms with van der Waals surface area (Å²) >= 11 is 1.53. The van der Waals surface area contributed by atoms with Crippen LogP contribution in [0.1, 0.15) is 16.3 Å². The van der Waals surface area contributed by atoms with Gasteiger partial charge in [-0.15, -0.1) is 11.3 Å². The highest BCUT2D eigenvalue weighted by atomic mass is 32.2. The fourth-order valence-electron chi connectivity index (χ4n) is 1.67. The Morgan fingerprint density at radius 2 is 2.00 bits per heavy atom. The van der Waals surface area contributed by atoms with E-state index in [1.807, 2.05) is 12.3 Å². The molecule has 0 fully saturated rings. The average Bonchev–Trinajstić information content (AvgIpc) is 2.84. The lowest BCUT2D eigenvalue weighted by Gasteiger charge is -2.06. The van der Waals surface area contributed by atoms with Crippen LogP contribution >= 0.6 is 11.3 Å². The van der Waals surface area contributed by atoms with Crippen molar-refractivity contribution < 1.29 is 13.5 Å². The number of nitrogens with zero attached hydrogens (tertiary/aromatic N) is 1. The minimum atomic E-state index is -3.50. The predicted octanol–water partition coefficient (Wildman–Crippen LogP) is 1.46. The molecule has 2 N–H and O–H groups in total. The zero-order valence-corrected chi connectivity index (χ0v) is 12.7. The monoisotopic (exact) mass is 312 g/mol. The number of aliphatic hydroxyl groups excluding tert-OH is 1. The van der Waals surface area contributed by atoms with Crippen molar-refractivity contribution in [2.24, 2.45) is 0 Å². The van der Waals surface area contributed by atoms with Crippen LogP contribution in [0, 0.1) is 6.92 Å². The van der Waals surface area contributed by atoms with E-state index in [-0.39, 0.29) is 11.5 Å². The van der Waals surface area contributed by atoms with Crippen LogP contribution in [0.3, 0.4) is 0 Å². The maximum atomic E-state index is 12.0. The molecule has 0 unspecified atom stereocenters. The van der Waals surface area contributed by atoms with Crippen LogP contribution in [0.2, 0.25) is 0 Å². The smallest absolute Gasteiger partial charge is 0.240 e. The minimum Gasteiger partial charge on any atom is -0.392 e. The third-order valence-electron chi connectivity index (χ3n) is 2.71. The second-order valence-corrected chi connectivity index (χ2v) is 7.04. The lowest BCUT2D eigenvalue weighted by molar-refractivity contribution is 0.282. The van der Waals surface area contributed by atoms with Crippen LogP contribution < -0.4 is 4.72 Å². The van der Waals surface area contributed by atoms with Gasteiger partial charge < -0.3 is 5.11 Å². The molecule has 7 heteroatoms. The van der Waals surface area contributed by atoms with Crippen molar-refractivity contribution >= 4 is 21.4 Å². The van der Waals surface area contributed by atoms with E-state index in [4.69, 9.17) is 5.11 Å². The number of aromatic nitrogens is 1. The van der Waals surface area contributed by atoms with E-state index in [2.05, 4.69) is 9.71 Å². The van der Waals surface area contributed by atoms with Gasteiger partial charge in [0, 0.05) is 24.0 Å². The molecular weight excluding hydrogens is 296 g/mol. The van der Waals surface area contributed by atoms with Crippen LogP contribution in [0.4, 0.5) is 0 Å². The fraction of sp³-hybridized carbons (Fsp3) is 0.308. The highest BCUT2D eigenvalue weighted by Crippen LogP contribution is 2.12.